The van der Waals surface area contributed by atoms with Crippen LogP contribution in [-0.2, 0) is 19.9 Å². The zero-order chi connectivity index (χ0) is 28.6. The van der Waals surface area contributed by atoms with Crippen molar-refractivity contribution in [2.24, 2.45) is 11.7 Å². The van der Waals surface area contributed by atoms with E-state index in [1.54, 1.807) is 74.5 Å². The topological polar surface area (TPSA) is 162 Å². The van der Waals surface area contributed by atoms with Crippen LogP contribution in [0.15, 0.2) is 84.9 Å². The molecule has 0 heterocycles. The number of nitrogens with two attached hydrogens (primary N) is 1. The first-order chi connectivity index (χ1) is 18.6. The van der Waals surface area contributed by atoms with Crippen LogP contribution in [0.3, 0.4) is 0 Å². The van der Waals surface area contributed by atoms with Gasteiger partial charge in [-0.05, 0) is 54.3 Å². The van der Waals surface area contributed by atoms with Gasteiger partial charge in [0.15, 0.2) is 5.54 Å². The second-order valence-electron chi connectivity index (χ2n) is 9.29. The summed E-state index contributed by atoms with van der Waals surface area (Å²) in [5.74, 6) is -3.36. The molecule has 0 aromatic heterocycles. The molecule has 0 fully saturated rings. The zero-order valence-electron chi connectivity index (χ0n) is 21.7. The predicted octanol–water partition coefficient (Wildman–Crippen LogP) is 3.82. The number of carbonyl (C=O) groups excluding carboxylic acids is 3. The van der Waals surface area contributed by atoms with Gasteiger partial charge in [0, 0.05) is 17.8 Å². The molecule has 0 spiro atoms. The first-order valence-corrected chi connectivity index (χ1v) is 12.4. The summed E-state index contributed by atoms with van der Waals surface area (Å²) in [6, 6.07) is 20.6. The Hall–Kier alpha value is -4.86. The predicted molar refractivity (Wildman–Crippen MR) is 147 cm³/mol. The van der Waals surface area contributed by atoms with Crippen LogP contribution in [-0.4, -0.2) is 40.1 Å². The number of phenols is 1. The molecule has 3 aromatic carbocycles. The lowest BCUT2D eigenvalue weighted by molar-refractivity contribution is -0.137. The van der Waals surface area contributed by atoms with Crippen LogP contribution < -0.4 is 21.3 Å². The molecule has 0 aliphatic heterocycles. The number of carboxylic acid groups (broad SMARTS) is 1. The van der Waals surface area contributed by atoms with E-state index in [0.717, 1.165) is 0 Å². The average molecular weight is 533 g/mol. The molecule has 204 valence electrons. The number of phenolic OH excluding ortho intramolecular Hbond substituents is 1. The molecule has 6 N–H and O–H groups in total. The molecule has 0 aliphatic rings. The number of aromatic hydroxyl groups is 1. The molecule has 2 atom stereocenters. The van der Waals surface area contributed by atoms with Gasteiger partial charge in [-0.25, -0.2) is 4.79 Å². The third-order valence-corrected chi connectivity index (χ3v) is 6.39. The first-order valence-electron chi connectivity index (χ1n) is 12.4. The maximum atomic E-state index is 14.4. The van der Waals surface area contributed by atoms with Gasteiger partial charge in [0.25, 0.3) is 5.91 Å². The van der Waals surface area contributed by atoms with Crippen molar-refractivity contribution in [2.75, 3.05) is 10.2 Å². The summed E-state index contributed by atoms with van der Waals surface area (Å²) in [4.78, 5) is 53.3. The van der Waals surface area contributed by atoms with Crippen molar-refractivity contribution in [3.05, 3.63) is 90.5 Å². The Balaban J connectivity index is 2.15. The quantitative estimate of drug-likeness (QED) is 0.252. The summed E-state index contributed by atoms with van der Waals surface area (Å²) < 4.78 is 0. The minimum atomic E-state index is -1.76. The lowest BCUT2D eigenvalue weighted by Gasteiger charge is -2.46. The maximum absolute atomic E-state index is 14.4. The number of carbonyl (C=O) groups is 4. The van der Waals surface area contributed by atoms with Crippen molar-refractivity contribution in [1.29, 1.82) is 0 Å². The number of primary amides is 1. The Morgan fingerprint density at radius 3 is 1.97 bits per heavy atom. The molecular weight excluding hydrogens is 500 g/mol. The van der Waals surface area contributed by atoms with Crippen molar-refractivity contribution < 1.29 is 29.4 Å². The number of anilines is 2. The summed E-state index contributed by atoms with van der Waals surface area (Å²) in [6.45, 7) is 3.45. The van der Waals surface area contributed by atoms with Gasteiger partial charge in [-0.3, -0.25) is 19.3 Å². The number of nitrogens with one attached hydrogen (secondary N) is 2. The number of benzene rings is 3. The lowest BCUT2D eigenvalue weighted by atomic mass is 9.76. The Labute approximate surface area is 226 Å². The van der Waals surface area contributed by atoms with Crippen LogP contribution in [0.5, 0.6) is 5.75 Å². The highest BCUT2D eigenvalue weighted by Crippen LogP contribution is 2.40. The fourth-order valence-corrected chi connectivity index (χ4v) is 4.58. The summed E-state index contributed by atoms with van der Waals surface area (Å²) >= 11 is 0. The van der Waals surface area contributed by atoms with Gasteiger partial charge in [0.1, 0.15) is 11.8 Å². The largest absolute Gasteiger partial charge is 0.508 e. The number of urea groups is 1. The van der Waals surface area contributed by atoms with E-state index in [0.29, 0.717) is 16.9 Å². The molecule has 0 saturated carbocycles. The zero-order valence-corrected chi connectivity index (χ0v) is 21.7. The Morgan fingerprint density at radius 2 is 1.46 bits per heavy atom. The van der Waals surface area contributed by atoms with E-state index in [1.165, 1.54) is 29.2 Å². The fraction of sp³-hybridized carbons (Fsp3) is 0.241. The number of carboxylic acids is 1. The number of para-hydroxylation sites is 2. The number of aliphatic carboxylic acids is 1. The molecule has 2 unspecified atom stereocenters. The molecular formula is C29H32N4O6. The van der Waals surface area contributed by atoms with Crippen molar-refractivity contribution in [1.82, 2.24) is 5.32 Å². The molecule has 0 bridgehead atoms. The minimum Gasteiger partial charge on any atom is -0.508 e. The highest BCUT2D eigenvalue weighted by molar-refractivity contribution is 6.07. The Bertz CT molecular complexity index is 1300. The van der Waals surface area contributed by atoms with Gasteiger partial charge in [-0.15, -0.1) is 0 Å². The Kier molecular flexibility index (Phi) is 9.27. The molecule has 4 amide bonds. The number of amides is 4. The van der Waals surface area contributed by atoms with Crippen LogP contribution in [0, 0.1) is 5.92 Å². The van der Waals surface area contributed by atoms with Crippen LogP contribution >= 0.6 is 0 Å². The Morgan fingerprint density at radius 1 is 0.897 bits per heavy atom. The number of rotatable bonds is 11. The highest BCUT2D eigenvalue weighted by Gasteiger charge is 2.51. The van der Waals surface area contributed by atoms with Gasteiger partial charge in [-0.1, -0.05) is 62.4 Å². The lowest BCUT2D eigenvalue weighted by Crippen LogP contribution is -2.64. The molecule has 3 rings (SSSR count). The second kappa shape index (κ2) is 12.6. The fourth-order valence-electron chi connectivity index (χ4n) is 4.58. The van der Waals surface area contributed by atoms with Crippen molar-refractivity contribution in [3.63, 3.8) is 0 Å². The van der Waals surface area contributed by atoms with Crippen molar-refractivity contribution in [3.8, 4) is 5.75 Å². The monoisotopic (exact) mass is 532 g/mol. The van der Waals surface area contributed by atoms with Gasteiger partial charge in [-0.2, -0.15) is 0 Å². The second-order valence-corrected chi connectivity index (χ2v) is 9.29. The molecule has 0 aliphatic carbocycles. The van der Waals surface area contributed by atoms with Crippen LogP contribution in [0.1, 0.15) is 32.3 Å². The van der Waals surface area contributed by atoms with Gasteiger partial charge in [0.05, 0.1) is 0 Å². The van der Waals surface area contributed by atoms with E-state index in [4.69, 9.17) is 5.73 Å². The average Bonchev–Trinajstić information content (AvgIpc) is 2.90. The molecule has 3 aromatic rings. The SMILES string of the molecule is CC(C)C(C(N)=O)(c1ccc(O)cc1)N(C(=O)C(CCC(=O)O)NC(=O)Nc1ccccc1)c1ccccc1. The molecule has 0 saturated heterocycles. The molecule has 0 radical (unpaired) electrons. The maximum Gasteiger partial charge on any atom is 0.319 e. The van der Waals surface area contributed by atoms with E-state index in [2.05, 4.69) is 10.6 Å². The summed E-state index contributed by atoms with van der Waals surface area (Å²) in [6.07, 6.45) is -0.669. The highest BCUT2D eigenvalue weighted by atomic mass is 16.4. The van der Waals surface area contributed by atoms with Crippen molar-refractivity contribution >= 4 is 35.2 Å². The third kappa shape index (κ3) is 6.53. The number of hydrogen-bond acceptors (Lipinski definition) is 5. The molecule has 10 nitrogen and oxygen atoms in total. The normalized spacial score (nSPS) is 13.1. The van der Waals surface area contributed by atoms with E-state index < -0.39 is 47.7 Å². The van der Waals surface area contributed by atoms with E-state index in [1.807, 2.05) is 0 Å². The molecule has 10 heteroatoms. The minimum absolute atomic E-state index is 0.0444. The van der Waals surface area contributed by atoms with Gasteiger partial charge < -0.3 is 26.6 Å². The van der Waals surface area contributed by atoms with Gasteiger partial charge in [0.2, 0.25) is 5.91 Å². The first kappa shape index (κ1) is 28.7. The number of nitrogens with zero attached hydrogens (tertiary/aromatic N) is 1. The third-order valence-electron chi connectivity index (χ3n) is 6.39. The van der Waals surface area contributed by atoms with Crippen molar-refractivity contribution in [2.45, 2.75) is 38.3 Å². The van der Waals surface area contributed by atoms with E-state index in [-0.39, 0.29) is 12.2 Å². The number of hydrogen-bond donors (Lipinski definition) is 5. The van der Waals surface area contributed by atoms with E-state index >= 15 is 0 Å². The van der Waals surface area contributed by atoms with Crippen LogP contribution in [0.2, 0.25) is 0 Å². The molecule has 39 heavy (non-hydrogen) atoms. The van der Waals surface area contributed by atoms with Crippen LogP contribution in [0.4, 0.5) is 16.2 Å². The standard InChI is InChI=1S/C29H32N4O6/c1-19(2)29(27(30)38,20-13-15-23(34)16-14-20)33(22-11-7-4-8-12-22)26(37)24(17-18-25(35)36)32-28(39)31-21-9-5-3-6-10-21/h3-16,19,24,34H,17-18H2,1-2H3,(H2,30,38)(H,35,36)(H2,31,32,39). The van der Waals surface area contributed by atoms with Crippen LogP contribution in [0.25, 0.3) is 0 Å². The smallest absolute Gasteiger partial charge is 0.319 e. The van der Waals surface area contributed by atoms with E-state index in [9.17, 15) is 29.4 Å². The summed E-state index contributed by atoms with van der Waals surface area (Å²) in [5, 5.41) is 24.5. The summed E-state index contributed by atoms with van der Waals surface area (Å²) in [7, 11) is 0. The summed E-state index contributed by atoms with van der Waals surface area (Å²) in [5.41, 5.74) is 5.42. The van der Waals surface area contributed by atoms with Gasteiger partial charge >= 0.3 is 12.0 Å².